The van der Waals surface area contributed by atoms with Gasteiger partial charge in [0.1, 0.15) is 10.4 Å². The molecule has 1 aromatic rings. The molecule has 1 aliphatic rings. The minimum absolute atomic E-state index is 0.149. The monoisotopic (exact) mass is 377 g/mol. The number of thiocarbonyl (C=S) groups is 1. The maximum Gasteiger partial charge on any atom is 0.326 e. The van der Waals surface area contributed by atoms with Crippen molar-refractivity contribution in [1.82, 2.24) is 4.90 Å². The lowest BCUT2D eigenvalue weighted by Crippen LogP contribution is -2.44. The average molecular weight is 378 g/mol. The first-order chi connectivity index (χ1) is 11.6. The number of aryl methyl sites for hydroxylation is 2. The molecule has 1 amide bonds. The number of amides is 1. The van der Waals surface area contributed by atoms with Crippen molar-refractivity contribution >= 4 is 45.7 Å². The highest BCUT2D eigenvalue weighted by Crippen LogP contribution is 2.38. The number of carbonyl (C=O) groups is 2. The largest absolute Gasteiger partial charge is 0.480 e. The van der Waals surface area contributed by atoms with Crippen LogP contribution in [0.15, 0.2) is 23.1 Å². The molecular weight excluding hydrogens is 354 g/mol. The van der Waals surface area contributed by atoms with Crippen molar-refractivity contribution in [3.05, 3.63) is 39.8 Å². The molecule has 1 aromatic carbocycles. The highest BCUT2D eigenvalue weighted by molar-refractivity contribution is 8.26. The number of aliphatic carboxylic acids is 1. The zero-order chi connectivity index (χ0) is 18.9. The predicted octanol–water partition coefficient (Wildman–Crippen LogP) is 4.39. The van der Waals surface area contributed by atoms with Gasteiger partial charge in [0.2, 0.25) is 0 Å². The summed E-state index contributed by atoms with van der Waals surface area (Å²) in [7, 11) is 0. The lowest BCUT2D eigenvalue weighted by Gasteiger charge is -2.24. The fourth-order valence-corrected chi connectivity index (χ4v) is 4.15. The normalized spacial score (nSPS) is 18.1. The van der Waals surface area contributed by atoms with Gasteiger partial charge in [0, 0.05) is 0 Å². The van der Waals surface area contributed by atoms with Gasteiger partial charge in [0.25, 0.3) is 5.91 Å². The van der Waals surface area contributed by atoms with E-state index in [1.165, 1.54) is 22.2 Å². The zero-order valence-corrected chi connectivity index (χ0v) is 16.8. The Bertz CT molecular complexity index is 768. The van der Waals surface area contributed by atoms with Gasteiger partial charge in [0.05, 0.1) is 4.91 Å². The van der Waals surface area contributed by atoms with E-state index in [1.807, 2.05) is 52.8 Å². The van der Waals surface area contributed by atoms with Crippen molar-refractivity contribution in [1.29, 1.82) is 0 Å². The van der Waals surface area contributed by atoms with Gasteiger partial charge in [-0.2, -0.15) is 0 Å². The molecule has 0 bridgehead atoms. The second kappa shape index (κ2) is 7.70. The molecule has 0 spiro atoms. The predicted molar refractivity (Wildman–Crippen MR) is 106 cm³/mol. The third-order valence-electron chi connectivity index (χ3n) is 4.37. The highest BCUT2D eigenvalue weighted by Gasteiger charge is 2.41. The van der Waals surface area contributed by atoms with Crippen molar-refractivity contribution in [2.75, 3.05) is 0 Å². The van der Waals surface area contributed by atoms with Crippen LogP contribution < -0.4 is 0 Å². The van der Waals surface area contributed by atoms with Crippen molar-refractivity contribution in [3.63, 3.8) is 0 Å². The van der Waals surface area contributed by atoms with E-state index in [2.05, 4.69) is 0 Å². The highest BCUT2D eigenvalue weighted by atomic mass is 32.2. The molecule has 0 aromatic heterocycles. The van der Waals surface area contributed by atoms with E-state index in [0.717, 1.165) is 16.7 Å². The summed E-state index contributed by atoms with van der Waals surface area (Å²) < 4.78 is 0.316. The molecule has 0 saturated carbocycles. The molecule has 1 fully saturated rings. The van der Waals surface area contributed by atoms with Gasteiger partial charge in [-0.05, 0) is 55.4 Å². The molecule has 1 aliphatic heterocycles. The summed E-state index contributed by atoms with van der Waals surface area (Å²) in [5.41, 5.74) is 4.12. The number of hydrogen-bond acceptors (Lipinski definition) is 4. The van der Waals surface area contributed by atoms with Gasteiger partial charge in [-0.1, -0.05) is 56.0 Å². The van der Waals surface area contributed by atoms with E-state index in [-0.39, 0.29) is 11.8 Å². The maximum atomic E-state index is 12.9. The Balaban J connectivity index is 2.42. The Labute approximate surface area is 158 Å². The van der Waals surface area contributed by atoms with Crippen molar-refractivity contribution in [3.8, 4) is 0 Å². The molecule has 2 rings (SSSR count). The number of nitrogens with zero attached hydrogens (tertiary/aromatic N) is 1. The van der Waals surface area contributed by atoms with Gasteiger partial charge in [-0.25, -0.2) is 4.79 Å². The molecule has 1 atom stereocenters. The number of carboxylic acids is 1. The van der Waals surface area contributed by atoms with Crippen LogP contribution in [0.4, 0.5) is 0 Å². The molecular formula is C19H23NO3S2. The summed E-state index contributed by atoms with van der Waals surface area (Å²) in [6, 6.07) is 5.12. The van der Waals surface area contributed by atoms with Crippen LogP contribution in [0.5, 0.6) is 0 Å². The fourth-order valence-electron chi connectivity index (χ4n) is 2.75. The van der Waals surface area contributed by atoms with Crippen LogP contribution in [0.2, 0.25) is 0 Å². The summed E-state index contributed by atoms with van der Waals surface area (Å²) in [6.45, 7) is 9.82. The molecule has 1 saturated heterocycles. The lowest BCUT2D eigenvalue weighted by molar-refractivity contribution is -0.145. The first-order valence-corrected chi connectivity index (χ1v) is 9.42. The number of carboxylic acid groups (broad SMARTS) is 1. The van der Waals surface area contributed by atoms with Gasteiger partial charge < -0.3 is 5.11 Å². The number of carbonyl (C=O) groups excluding carboxylic acids is 1. The molecule has 134 valence electrons. The first kappa shape index (κ1) is 19.7. The maximum absolute atomic E-state index is 12.9. The van der Waals surface area contributed by atoms with E-state index >= 15 is 0 Å². The quantitative estimate of drug-likeness (QED) is 0.609. The van der Waals surface area contributed by atoms with Gasteiger partial charge >= 0.3 is 5.97 Å². The summed E-state index contributed by atoms with van der Waals surface area (Å²) >= 11 is 6.52. The number of hydrogen-bond donors (Lipinski definition) is 1. The zero-order valence-electron chi connectivity index (χ0n) is 15.1. The third-order valence-corrected chi connectivity index (χ3v) is 5.87. The second-order valence-corrected chi connectivity index (χ2v) is 8.42. The van der Waals surface area contributed by atoms with Crippen LogP contribution in [0, 0.1) is 19.8 Å². The van der Waals surface area contributed by atoms with Crippen LogP contribution in [0.1, 0.15) is 43.9 Å². The van der Waals surface area contributed by atoms with Crippen LogP contribution in [-0.2, 0) is 9.59 Å². The SMILES string of the molecule is C/C(=C1/SC(=S)N(C(CC(C)C)C(=O)O)C1=O)c1ccc(C)c(C)c1. The Hall–Kier alpha value is -1.66. The number of rotatable bonds is 5. The first-order valence-electron chi connectivity index (χ1n) is 8.20. The van der Waals surface area contributed by atoms with Crippen molar-refractivity contribution < 1.29 is 14.7 Å². The Morgan fingerprint density at radius 1 is 1.28 bits per heavy atom. The topological polar surface area (TPSA) is 57.6 Å². The standard InChI is InChI=1S/C19H23NO3S2/c1-10(2)8-15(18(22)23)20-17(21)16(25-19(20)24)13(5)14-7-6-11(3)12(4)9-14/h6-7,9-10,15H,8H2,1-5H3,(H,22,23)/b16-13-. The molecule has 4 nitrogen and oxygen atoms in total. The molecule has 6 heteroatoms. The van der Waals surface area contributed by atoms with Gasteiger partial charge in [-0.15, -0.1) is 0 Å². The molecule has 1 N–H and O–H groups in total. The molecule has 25 heavy (non-hydrogen) atoms. The van der Waals surface area contributed by atoms with E-state index in [9.17, 15) is 14.7 Å². The summed E-state index contributed by atoms with van der Waals surface area (Å²) in [6.07, 6.45) is 0.373. The molecule has 0 radical (unpaired) electrons. The number of allylic oxidation sites excluding steroid dienone is 1. The van der Waals surface area contributed by atoms with Gasteiger partial charge in [-0.3, -0.25) is 9.69 Å². The Morgan fingerprint density at radius 2 is 1.92 bits per heavy atom. The van der Waals surface area contributed by atoms with E-state index in [1.54, 1.807) is 0 Å². The fraction of sp³-hybridized carbons (Fsp3) is 0.421. The van der Waals surface area contributed by atoms with Gasteiger partial charge in [0.15, 0.2) is 0 Å². The van der Waals surface area contributed by atoms with E-state index in [4.69, 9.17) is 12.2 Å². The molecule has 0 aliphatic carbocycles. The molecule has 1 unspecified atom stereocenters. The van der Waals surface area contributed by atoms with Crippen molar-refractivity contribution in [2.24, 2.45) is 5.92 Å². The van der Waals surface area contributed by atoms with E-state index in [0.29, 0.717) is 15.6 Å². The van der Waals surface area contributed by atoms with Crippen LogP contribution in [0.3, 0.4) is 0 Å². The summed E-state index contributed by atoms with van der Waals surface area (Å²) in [4.78, 5) is 26.4. The summed E-state index contributed by atoms with van der Waals surface area (Å²) in [5, 5.41) is 9.55. The number of benzene rings is 1. The van der Waals surface area contributed by atoms with Crippen molar-refractivity contribution in [2.45, 2.75) is 47.1 Å². The number of thioether (sulfide) groups is 1. The molecule has 1 heterocycles. The van der Waals surface area contributed by atoms with E-state index < -0.39 is 12.0 Å². The second-order valence-electron chi connectivity index (χ2n) is 6.78. The lowest BCUT2D eigenvalue weighted by atomic mass is 10.00. The Morgan fingerprint density at radius 3 is 2.44 bits per heavy atom. The Kier molecular flexibility index (Phi) is 6.06. The minimum atomic E-state index is -1.02. The van der Waals surface area contributed by atoms with Crippen LogP contribution >= 0.6 is 24.0 Å². The third kappa shape index (κ3) is 4.12. The minimum Gasteiger partial charge on any atom is -0.480 e. The van der Waals surface area contributed by atoms with Crippen LogP contribution in [0.25, 0.3) is 5.57 Å². The van der Waals surface area contributed by atoms with Crippen LogP contribution in [-0.4, -0.2) is 32.2 Å². The smallest absolute Gasteiger partial charge is 0.326 e. The summed E-state index contributed by atoms with van der Waals surface area (Å²) in [5.74, 6) is -1.18. The average Bonchev–Trinajstić information content (AvgIpc) is 2.81.